The summed E-state index contributed by atoms with van der Waals surface area (Å²) in [6.07, 6.45) is 4.94. The lowest BCUT2D eigenvalue weighted by atomic mass is 9.88. The number of halogens is 1. The molecular formula is C27H33FN2O3. The third-order valence-corrected chi connectivity index (χ3v) is 7.17. The lowest BCUT2D eigenvalue weighted by Gasteiger charge is -2.26. The summed E-state index contributed by atoms with van der Waals surface area (Å²) >= 11 is 0. The first-order valence-corrected chi connectivity index (χ1v) is 11.9. The van der Waals surface area contributed by atoms with Crippen molar-refractivity contribution in [3.8, 4) is 5.75 Å². The summed E-state index contributed by atoms with van der Waals surface area (Å²) in [6.45, 7) is 3.47. The maximum atomic E-state index is 13.7. The van der Waals surface area contributed by atoms with E-state index < -0.39 is 0 Å². The molecule has 176 valence electrons. The molecular weight excluding hydrogens is 419 g/mol. The molecule has 1 saturated carbocycles. The highest BCUT2D eigenvalue weighted by molar-refractivity contribution is 5.86. The second kappa shape index (κ2) is 10.4. The van der Waals surface area contributed by atoms with Crippen molar-refractivity contribution in [2.75, 3.05) is 26.7 Å². The van der Waals surface area contributed by atoms with Gasteiger partial charge in [0, 0.05) is 13.1 Å². The average molecular weight is 453 g/mol. The van der Waals surface area contributed by atoms with Crippen LogP contribution in [0.5, 0.6) is 5.75 Å². The lowest BCUT2D eigenvalue weighted by Crippen LogP contribution is -2.50. The van der Waals surface area contributed by atoms with Crippen molar-refractivity contribution in [1.29, 1.82) is 0 Å². The van der Waals surface area contributed by atoms with E-state index in [0.717, 1.165) is 24.0 Å². The highest BCUT2D eigenvalue weighted by atomic mass is 19.1. The van der Waals surface area contributed by atoms with Gasteiger partial charge >= 0.3 is 0 Å². The van der Waals surface area contributed by atoms with Gasteiger partial charge in [0.2, 0.25) is 11.8 Å². The minimum atomic E-state index is -0.319. The van der Waals surface area contributed by atoms with Gasteiger partial charge in [-0.05, 0) is 72.3 Å². The predicted molar refractivity (Wildman–Crippen MR) is 126 cm³/mol. The van der Waals surface area contributed by atoms with E-state index in [1.165, 1.54) is 31.6 Å². The highest BCUT2D eigenvalue weighted by Crippen LogP contribution is 2.42. The zero-order chi connectivity index (χ0) is 23.4. The van der Waals surface area contributed by atoms with E-state index >= 15 is 0 Å². The lowest BCUT2D eigenvalue weighted by molar-refractivity contribution is -0.137. The summed E-state index contributed by atoms with van der Waals surface area (Å²) in [5.41, 5.74) is 3.45. The van der Waals surface area contributed by atoms with Crippen molar-refractivity contribution in [2.45, 2.75) is 50.9 Å². The van der Waals surface area contributed by atoms with Crippen LogP contribution in [-0.4, -0.2) is 43.5 Å². The fourth-order valence-electron chi connectivity index (χ4n) is 5.26. The van der Waals surface area contributed by atoms with Gasteiger partial charge in [-0.25, -0.2) is 4.39 Å². The molecule has 1 heterocycles. The molecule has 1 aliphatic carbocycles. The van der Waals surface area contributed by atoms with Crippen LogP contribution in [0.15, 0.2) is 42.5 Å². The Balaban J connectivity index is 1.30. The highest BCUT2D eigenvalue weighted by Gasteiger charge is 2.28. The van der Waals surface area contributed by atoms with Crippen molar-refractivity contribution in [2.24, 2.45) is 5.92 Å². The van der Waals surface area contributed by atoms with E-state index in [0.29, 0.717) is 43.0 Å². The number of carbonyl (C=O) groups excluding carboxylic acids is 2. The van der Waals surface area contributed by atoms with E-state index in [1.54, 1.807) is 4.90 Å². The standard InChI is InChI=1S/C27H33FN2O3/c1-18(22-9-10-24(28)25(16-22)33-2)13-20-5-8-23(14-20)21-6-3-19(4-7-21)15-27(32)30-12-11-29-26(31)17-30/h3-4,6-7,9-10,16,18,20,23H,5,8,11-15,17H2,1-2H3,(H,29,31)/t18-,20+,23+/m0/s1. The summed E-state index contributed by atoms with van der Waals surface area (Å²) in [6, 6.07) is 13.6. The van der Waals surface area contributed by atoms with Crippen molar-refractivity contribution in [1.82, 2.24) is 10.2 Å². The van der Waals surface area contributed by atoms with E-state index in [-0.39, 0.29) is 24.2 Å². The maximum absolute atomic E-state index is 13.7. The second-order valence-corrected chi connectivity index (χ2v) is 9.49. The number of amides is 2. The van der Waals surface area contributed by atoms with Crippen LogP contribution in [0.25, 0.3) is 0 Å². The van der Waals surface area contributed by atoms with Crippen LogP contribution >= 0.6 is 0 Å². The molecule has 33 heavy (non-hydrogen) atoms. The Morgan fingerprint density at radius 1 is 1.21 bits per heavy atom. The molecule has 1 aliphatic heterocycles. The number of hydrogen-bond acceptors (Lipinski definition) is 3. The summed E-state index contributed by atoms with van der Waals surface area (Å²) in [5, 5.41) is 2.75. The minimum Gasteiger partial charge on any atom is -0.494 e. The molecule has 4 rings (SSSR count). The number of ether oxygens (including phenoxy) is 1. The average Bonchev–Trinajstić information content (AvgIpc) is 3.28. The molecule has 2 amide bonds. The number of benzene rings is 2. The second-order valence-electron chi connectivity index (χ2n) is 9.49. The van der Waals surface area contributed by atoms with Crippen molar-refractivity contribution in [3.63, 3.8) is 0 Å². The summed E-state index contributed by atoms with van der Waals surface area (Å²) in [7, 11) is 1.50. The maximum Gasteiger partial charge on any atom is 0.239 e. The Morgan fingerprint density at radius 2 is 2.00 bits per heavy atom. The molecule has 3 atom stereocenters. The first kappa shape index (κ1) is 23.3. The first-order chi connectivity index (χ1) is 15.9. The number of piperazine rings is 1. The van der Waals surface area contributed by atoms with Crippen LogP contribution in [0, 0.1) is 11.7 Å². The van der Waals surface area contributed by atoms with Crippen LogP contribution in [0.3, 0.4) is 0 Å². The largest absolute Gasteiger partial charge is 0.494 e. The molecule has 2 aromatic rings. The quantitative estimate of drug-likeness (QED) is 0.677. The number of hydrogen-bond donors (Lipinski definition) is 1. The molecule has 1 N–H and O–H groups in total. The zero-order valence-electron chi connectivity index (χ0n) is 19.5. The zero-order valence-corrected chi connectivity index (χ0v) is 19.5. The van der Waals surface area contributed by atoms with Crippen LogP contribution in [0.2, 0.25) is 0 Å². The topological polar surface area (TPSA) is 58.6 Å². The van der Waals surface area contributed by atoms with Gasteiger partial charge in [0.25, 0.3) is 0 Å². The van der Waals surface area contributed by atoms with Crippen molar-refractivity contribution < 1.29 is 18.7 Å². The third-order valence-electron chi connectivity index (χ3n) is 7.17. The van der Waals surface area contributed by atoms with Gasteiger partial charge in [-0.15, -0.1) is 0 Å². The van der Waals surface area contributed by atoms with Gasteiger partial charge < -0.3 is 15.0 Å². The van der Waals surface area contributed by atoms with Gasteiger partial charge in [0.05, 0.1) is 20.1 Å². The molecule has 2 fully saturated rings. The van der Waals surface area contributed by atoms with Crippen LogP contribution in [-0.2, 0) is 16.0 Å². The molecule has 5 nitrogen and oxygen atoms in total. The molecule has 1 saturated heterocycles. The van der Waals surface area contributed by atoms with Crippen LogP contribution in [0.4, 0.5) is 4.39 Å². The number of methoxy groups -OCH3 is 1. The smallest absolute Gasteiger partial charge is 0.239 e. The summed E-state index contributed by atoms with van der Waals surface area (Å²) < 4.78 is 18.9. The Kier molecular flexibility index (Phi) is 7.31. The van der Waals surface area contributed by atoms with E-state index in [2.05, 4.69) is 36.5 Å². The Labute approximate surface area is 195 Å². The molecule has 6 heteroatoms. The fraction of sp³-hybridized carbons (Fsp3) is 0.481. The third kappa shape index (κ3) is 5.73. The molecule has 0 bridgehead atoms. The Hall–Kier alpha value is -2.89. The number of nitrogens with one attached hydrogen (secondary N) is 1. The summed E-state index contributed by atoms with van der Waals surface area (Å²) in [5.74, 6) is 1.45. The molecule has 2 aromatic carbocycles. The monoisotopic (exact) mass is 452 g/mol. The Morgan fingerprint density at radius 3 is 2.73 bits per heavy atom. The fourth-order valence-corrected chi connectivity index (χ4v) is 5.26. The molecule has 0 unspecified atom stereocenters. The Bertz CT molecular complexity index is 991. The predicted octanol–water partition coefficient (Wildman–Crippen LogP) is 4.41. The van der Waals surface area contributed by atoms with Gasteiger partial charge in [0.1, 0.15) is 0 Å². The van der Waals surface area contributed by atoms with Crippen LogP contribution < -0.4 is 10.1 Å². The SMILES string of the molecule is COc1cc([C@@H](C)C[C@H]2CC[C@@H](c3ccc(CC(=O)N4CCNC(=O)C4)cc3)C2)ccc1F. The van der Waals surface area contributed by atoms with Gasteiger partial charge in [-0.1, -0.05) is 37.3 Å². The normalized spacial score (nSPS) is 21.5. The van der Waals surface area contributed by atoms with Gasteiger partial charge in [-0.3, -0.25) is 9.59 Å². The number of carbonyl (C=O) groups is 2. The minimum absolute atomic E-state index is 0.00458. The first-order valence-electron chi connectivity index (χ1n) is 11.9. The van der Waals surface area contributed by atoms with Crippen LogP contribution in [0.1, 0.15) is 61.1 Å². The van der Waals surface area contributed by atoms with E-state index in [9.17, 15) is 14.0 Å². The van der Waals surface area contributed by atoms with Gasteiger partial charge in [0.15, 0.2) is 11.6 Å². The number of rotatable bonds is 7. The van der Waals surface area contributed by atoms with E-state index in [1.807, 2.05) is 12.1 Å². The molecule has 2 aliphatic rings. The van der Waals surface area contributed by atoms with Crippen molar-refractivity contribution >= 4 is 11.8 Å². The molecule has 0 spiro atoms. The molecule has 0 radical (unpaired) electrons. The van der Waals surface area contributed by atoms with E-state index in [4.69, 9.17) is 4.74 Å². The molecule has 0 aromatic heterocycles. The number of nitrogens with zero attached hydrogens (tertiary/aromatic N) is 1. The van der Waals surface area contributed by atoms with Crippen molar-refractivity contribution in [3.05, 3.63) is 65.0 Å². The summed E-state index contributed by atoms with van der Waals surface area (Å²) in [4.78, 5) is 25.6. The van der Waals surface area contributed by atoms with Gasteiger partial charge in [-0.2, -0.15) is 0 Å².